The molecular weight excluding hydrogens is 521 g/mol. The van der Waals surface area contributed by atoms with Crippen LogP contribution in [-0.2, 0) is 24.5 Å². The highest BCUT2D eigenvalue weighted by Crippen LogP contribution is 2.37. The van der Waals surface area contributed by atoms with Gasteiger partial charge in [-0.1, -0.05) is 26.0 Å². The lowest BCUT2D eigenvalue weighted by atomic mass is 9.90. The zero-order chi connectivity index (χ0) is 28.9. The second-order valence-electron chi connectivity index (χ2n) is 11.7. The molecule has 2 saturated heterocycles. The van der Waals surface area contributed by atoms with Crippen molar-refractivity contribution in [3.05, 3.63) is 51.7 Å². The summed E-state index contributed by atoms with van der Waals surface area (Å²) in [6.45, 7) is 13.0. The number of hydrogen-bond donors (Lipinski definition) is 0. The number of nitrogens with zero attached hydrogens (tertiary/aromatic N) is 6. The van der Waals surface area contributed by atoms with E-state index in [0.717, 1.165) is 36.5 Å². The summed E-state index contributed by atoms with van der Waals surface area (Å²) in [5.41, 5.74) is 1.35. The van der Waals surface area contributed by atoms with E-state index in [4.69, 9.17) is 9.72 Å². The van der Waals surface area contributed by atoms with Gasteiger partial charge in [-0.25, -0.2) is 9.78 Å². The van der Waals surface area contributed by atoms with E-state index in [9.17, 15) is 18.0 Å². The molecule has 1 aromatic carbocycles. The molecular formula is C29H39F3N6O2. The van der Waals surface area contributed by atoms with E-state index in [-0.39, 0.29) is 35.8 Å². The Bertz CT molecular complexity index is 1410. The maximum absolute atomic E-state index is 13.2. The normalized spacial score (nSPS) is 23.4. The van der Waals surface area contributed by atoms with Crippen LogP contribution in [0.1, 0.15) is 63.5 Å². The van der Waals surface area contributed by atoms with Crippen LogP contribution < -0.4 is 10.6 Å². The first-order valence-electron chi connectivity index (χ1n) is 14.1. The number of alkyl halides is 3. The minimum atomic E-state index is -4.36. The Labute approximate surface area is 232 Å². The van der Waals surface area contributed by atoms with E-state index < -0.39 is 11.7 Å². The molecule has 2 aliphatic rings. The smallest absolute Gasteiger partial charge is 0.376 e. The fourth-order valence-corrected chi connectivity index (χ4v) is 6.43. The number of halogens is 3. The van der Waals surface area contributed by atoms with Crippen LogP contribution in [-0.4, -0.2) is 61.9 Å². The number of imidazole rings is 1. The van der Waals surface area contributed by atoms with E-state index in [1.54, 1.807) is 23.7 Å². The maximum Gasteiger partial charge on any atom is 0.416 e. The molecule has 8 nitrogen and oxygen atoms in total. The van der Waals surface area contributed by atoms with E-state index in [1.807, 2.05) is 6.92 Å². The highest BCUT2D eigenvalue weighted by Gasteiger charge is 2.38. The van der Waals surface area contributed by atoms with Crippen molar-refractivity contribution < 1.29 is 17.9 Å². The Morgan fingerprint density at radius 3 is 2.38 bits per heavy atom. The maximum atomic E-state index is 13.2. The van der Waals surface area contributed by atoms with E-state index in [2.05, 4.69) is 47.0 Å². The average Bonchev–Trinajstić information content (AvgIpc) is 3.51. The van der Waals surface area contributed by atoms with Gasteiger partial charge in [-0.15, -0.1) is 0 Å². The van der Waals surface area contributed by atoms with E-state index in [1.165, 1.54) is 12.1 Å². The van der Waals surface area contributed by atoms with Crippen LogP contribution in [0.25, 0.3) is 11.2 Å². The number of piperazine rings is 1. The number of aromatic nitrogens is 4. The molecule has 40 heavy (non-hydrogen) atoms. The van der Waals surface area contributed by atoms with Crippen LogP contribution in [0.5, 0.6) is 0 Å². The van der Waals surface area contributed by atoms with Gasteiger partial charge in [0.15, 0.2) is 5.82 Å². The third kappa shape index (κ3) is 5.25. The number of hydrogen-bond acceptors (Lipinski definition) is 6. The van der Waals surface area contributed by atoms with Crippen molar-refractivity contribution in [2.75, 3.05) is 24.6 Å². The first-order valence-corrected chi connectivity index (χ1v) is 14.1. The third-order valence-corrected chi connectivity index (χ3v) is 8.43. The van der Waals surface area contributed by atoms with Crippen molar-refractivity contribution >= 4 is 17.0 Å². The van der Waals surface area contributed by atoms with Gasteiger partial charge in [0.1, 0.15) is 17.0 Å². The van der Waals surface area contributed by atoms with Crippen molar-refractivity contribution in [3.8, 4) is 0 Å². The molecule has 11 heteroatoms. The molecule has 0 saturated carbocycles. The number of rotatable bonds is 6. The van der Waals surface area contributed by atoms with Gasteiger partial charge in [-0.05, 0) is 57.2 Å². The predicted octanol–water partition coefficient (Wildman–Crippen LogP) is 4.93. The Morgan fingerprint density at radius 2 is 1.77 bits per heavy atom. The molecule has 0 spiro atoms. The van der Waals surface area contributed by atoms with Gasteiger partial charge in [0, 0.05) is 44.9 Å². The molecule has 2 aliphatic heterocycles. The van der Waals surface area contributed by atoms with Gasteiger partial charge in [0.05, 0.1) is 18.2 Å². The van der Waals surface area contributed by atoms with Gasteiger partial charge in [-0.3, -0.25) is 9.47 Å². The fourth-order valence-electron chi connectivity index (χ4n) is 6.43. The average molecular weight is 561 g/mol. The number of aryl methyl sites for hydroxylation is 2. The van der Waals surface area contributed by atoms with Crippen LogP contribution in [0.15, 0.2) is 29.1 Å². The van der Waals surface area contributed by atoms with Crippen molar-refractivity contribution in [1.29, 1.82) is 0 Å². The summed E-state index contributed by atoms with van der Waals surface area (Å²) >= 11 is 0. The summed E-state index contributed by atoms with van der Waals surface area (Å²) in [5, 5.41) is 0. The van der Waals surface area contributed by atoms with Crippen molar-refractivity contribution in [2.24, 2.45) is 13.0 Å². The predicted molar refractivity (Wildman–Crippen MR) is 148 cm³/mol. The minimum absolute atomic E-state index is 0.00155. The van der Waals surface area contributed by atoms with Crippen LogP contribution >= 0.6 is 0 Å². The van der Waals surface area contributed by atoms with Gasteiger partial charge in [0.25, 0.3) is 0 Å². The summed E-state index contributed by atoms with van der Waals surface area (Å²) in [4.78, 5) is 27.0. The summed E-state index contributed by atoms with van der Waals surface area (Å²) in [6.07, 6.45) is -2.24. The standard InChI is InChI=1S/C29H39F3N6O2/c1-17(2)25(21-9-11-22(12-10-21)29(30,31)32)36-14-19(4)37(15-18(36)3)26-24-27(35(6)28(39)34-26)38(20(5)33-24)16-23-8-7-13-40-23/h9-12,17-19,23,25H,7-8,13-16H2,1-6H3/t18-,19+,23+,25+/m1/s1. The SMILES string of the molecule is Cc1nc2c(N3C[C@@H](C)N([C@H](c4ccc(C(F)(F)F)cc4)C(C)C)C[C@@H]3C)nc(=O)n(C)c2n1C[C@@H]1CCCO1. The zero-order valence-electron chi connectivity index (χ0n) is 24.1. The molecule has 2 aromatic heterocycles. The van der Waals surface area contributed by atoms with Gasteiger partial charge < -0.3 is 14.2 Å². The molecule has 2 fully saturated rings. The van der Waals surface area contributed by atoms with Crippen LogP contribution in [0.2, 0.25) is 0 Å². The molecule has 218 valence electrons. The molecule has 0 radical (unpaired) electrons. The first kappa shape index (κ1) is 28.6. The van der Waals surface area contributed by atoms with Crippen LogP contribution in [0.4, 0.5) is 19.0 Å². The lowest BCUT2D eigenvalue weighted by Gasteiger charge is -2.49. The topological polar surface area (TPSA) is 68.4 Å². The molecule has 0 bridgehead atoms. The van der Waals surface area contributed by atoms with Gasteiger partial charge in [0.2, 0.25) is 0 Å². The lowest BCUT2D eigenvalue weighted by Crippen LogP contribution is -2.58. The molecule has 0 amide bonds. The summed E-state index contributed by atoms with van der Waals surface area (Å²) in [6, 6.07) is 5.56. The van der Waals surface area contributed by atoms with Gasteiger partial charge in [-0.2, -0.15) is 18.2 Å². The first-order chi connectivity index (χ1) is 18.9. The second kappa shape index (κ2) is 10.8. The quantitative estimate of drug-likeness (QED) is 0.426. The Balaban J connectivity index is 1.46. The molecule has 3 aromatic rings. The van der Waals surface area contributed by atoms with Crippen LogP contribution in [0.3, 0.4) is 0 Å². The largest absolute Gasteiger partial charge is 0.416 e. The van der Waals surface area contributed by atoms with Crippen molar-refractivity contribution in [3.63, 3.8) is 0 Å². The summed E-state index contributed by atoms with van der Waals surface area (Å²) < 4.78 is 49.1. The highest BCUT2D eigenvalue weighted by atomic mass is 19.4. The summed E-state index contributed by atoms with van der Waals surface area (Å²) in [7, 11) is 1.73. The molecule has 0 unspecified atom stereocenters. The number of ether oxygens (including phenoxy) is 1. The molecule has 0 aliphatic carbocycles. The van der Waals surface area contributed by atoms with Crippen molar-refractivity contribution in [2.45, 2.75) is 84.4 Å². The van der Waals surface area contributed by atoms with E-state index in [0.29, 0.717) is 31.0 Å². The molecule has 0 N–H and O–H groups in total. The molecule has 4 atom stereocenters. The molecule has 4 heterocycles. The number of benzene rings is 1. The second-order valence-corrected chi connectivity index (χ2v) is 11.7. The van der Waals surface area contributed by atoms with E-state index >= 15 is 0 Å². The lowest BCUT2D eigenvalue weighted by molar-refractivity contribution is -0.137. The van der Waals surface area contributed by atoms with Crippen molar-refractivity contribution in [1.82, 2.24) is 24.0 Å². The Morgan fingerprint density at radius 1 is 1.07 bits per heavy atom. The summed E-state index contributed by atoms with van der Waals surface area (Å²) in [5.74, 6) is 1.58. The molecule has 5 rings (SSSR count). The monoisotopic (exact) mass is 560 g/mol. The Hall–Kier alpha value is -2.92. The Kier molecular flexibility index (Phi) is 7.73. The minimum Gasteiger partial charge on any atom is -0.376 e. The zero-order valence-corrected chi connectivity index (χ0v) is 24.1. The number of anilines is 1. The highest BCUT2D eigenvalue weighted by molar-refractivity contribution is 5.84. The van der Waals surface area contributed by atoms with Crippen LogP contribution in [0, 0.1) is 12.8 Å². The third-order valence-electron chi connectivity index (χ3n) is 8.43. The fraction of sp³-hybridized carbons (Fsp3) is 0.621. The van der Waals surface area contributed by atoms with Gasteiger partial charge >= 0.3 is 11.9 Å². The number of fused-ring (bicyclic) bond motifs is 1.